The van der Waals surface area contributed by atoms with Crippen molar-refractivity contribution >= 4 is 7.60 Å². The number of hydrogen-bond acceptors (Lipinski definition) is 1. The molecule has 1 aliphatic carbocycles. The number of halogens is 1. The predicted octanol–water partition coefficient (Wildman–Crippen LogP) is 2.64. The van der Waals surface area contributed by atoms with E-state index in [0.717, 1.165) is 12.8 Å². The summed E-state index contributed by atoms with van der Waals surface area (Å²) < 4.78 is 25.1. The number of hydrogen-bond donors (Lipinski definition) is 2. The fraction of sp³-hybridized carbons (Fsp3) is 0.800. The van der Waals surface area contributed by atoms with Crippen LogP contribution in [0.1, 0.15) is 32.6 Å². The van der Waals surface area contributed by atoms with Crippen molar-refractivity contribution < 1.29 is 18.7 Å². The zero-order valence-electron chi connectivity index (χ0n) is 8.90. The number of rotatable bonds is 3. The Morgan fingerprint density at radius 3 is 2.40 bits per heavy atom. The molecule has 0 radical (unpaired) electrons. The van der Waals surface area contributed by atoms with Crippen LogP contribution in [0.3, 0.4) is 0 Å². The van der Waals surface area contributed by atoms with Crippen LogP contribution in [0, 0.1) is 5.92 Å². The Morgan fingerprint density at radius 2 is 2.00 bits per heavy atom. The van der Waals surface area contributed by atoms with E-state index in [1.807, 2.05) is 0 Å². The van der Waals surface area contributed by atoms with E-state index in [2.05, 4.69) is 6.58 Å². The van der Waals surface area contributed by atoms with Gasteiger partial charge in [-0.25, -0.2) is 4.39 Å². The topological polar surface area (TPSA) is 57.5 Å². The van der Waals surface area contributed by atoms with Gasteiger partial charge >= 0.3 is 7.60 Å². The van der Waals surface area contributed by atoms with Crippen LogP contribution >= 0.6 is 7.60 Å². The lowest BCUT2D eigenvalue weighted by Crippen LogP contribution is -2.40. The molecule has 1 fully saturated rings. The van der Waals surface area contributed by atoms with Gasteiger partial charge in [-0.2, -0.15) is 0 Å². The van der Waals surface area contributed by atoms with E-state index in [4.69, 9.17) is 0 Å². The van der Waals surface area contributed by atoms with Crippen molar-refractivity contribution in [2.24, 2.45) is 5.92 Å². The molecule has 0 aromatic carbocycles. The Bertz CT molecular complexity index is 288. The van der Waals surface area contributed by atoms with Gasteiger partial charge in [-0.15, -0.1) is 6.58 Å². The summed E-state index contributed by atoms with van der Waals surface area (Å²) in [6.07, 6.45) is 2.63. The van der Waals surface area contributed by atoms with Gasteiger partial charge in [0.15, 0.2) is 0 Å². The SMILES string of the molecule is C=CC(C)(C1CCCCC1F)P(=O)(O)O. The maximum atomic E-state index is 13.7. The molecular weight excluding hydrogens is 218 g/mol. The van der Waals surface area contributed by atoms with Crippen molar-refractivity contribution in [3.8, 4) is 0 Å². The smallest absolute Gasteiger partial charge is 0.324 e. The maximum absolute atomic E-state index is 13.7. The lowest BCUT2D eigenvalue weighted by Gasteiger charge is -2.39. The van der Waals surface area contributed by atoms with Gasteiger partial charge in [-0.1, -0.05) is 18.9 Å². The van der Waals surface area contributed by atoms with Gasteiger partial charge in [-0.3, -0.25) is 4.57 Å². The van der Waals surface area contributed by atoms with Crippen LogP contribution in [0.15, 0.2) is 12.7 Å². The monoisotopic (exact) mass is 236 g/mol. The van der Waals surface area contributed by atoms with E-state index < -0.39 is 24.8 Å². The third-order valence-corrected chi connectivity index (χ3v) is 5.24. The molecule has 0 bridgehead atoms. The Hall–Kier alpha value is -0.180. The van der Waals surface area contributed by atoms with Crippen molar-refractivity contribution in [2.45, 2.75) is 43.9 Å². The average molecular weight is 236 g/mol. The predicted molar refractivity (Wildman–Crippen MR) is 57.5 cm³/mol. The van der Waals surface area contributed by atoms with Crippen LogP contribution in [-0.4, -0.2) is 21.1 Å². The second-order valence-corrected chi connectivity index (χ2v) is 6.43. The van der Waals surface area contributed by atoms with Gasteiger partial charge in [0.1, 0.15) is 6.17 Å². The largest absolute Gasteiger partial charge is 0.335 e. The van der Waals surface area contributed by atoms with Crippen LogP contribution in [0.5, 0.6) is 0 Å². The molecule has 0 amide bonds. The Labute approximate surface area is 89.5 Å². The van der Waals surface area contributed by atoms with Crippen molar-refractivity contribution in [2.75, 3.05) is 0 Å². The van der Waals surface area contributed by atoms with Crippen molar-refractivity contribution in [3.63, 3.8) is 0 Å². The molecule has 0 aromatic heterocycles. The van der Waals surface area contributed by atoms with Crippen LogP contribution < -0.4 is 0 Å². The van der Waals surface area contributed by atoms with Crippen molar-refractivity contribution in [1.29, 1.82) is 0 Å². The van der Waals surface area contributed by atoms with Crippen LogP contribution in [0.25, 0.3) is 0 Å². The lowest BCUT2D eigenvalue weighted by atomic mass is 9.79. The average Bonchev–Trinajstić information content (AvgIpc) is 2.15. The summed E-state index contributed by atoms with van der Waals surface area (Å²) in [4.78, 5) is 18.6. The standard InChI is InChI=1S/C10H18FO3P/c1-3-10(2,15(12,13)14)8-6-4-5-7-9(8)11/h3,8-9H,1,4-7H2,2H3,(H2,12,13,14). The van der Waals surface area contributed by atoms with Gasteiger partial charge in [0.25, 0.3) is 0 Å². The first kappa shape index (κ1) is 12.9. The molecule has 0 heterocycles. The van der Waals surface area contributed by atoms with Crippen molar-refractivity contribution in [1.82, 2.24) is 0 Å². The van der Waals surface area contributed by atoms with E-state index in [1.165, 1.54) is 13.0 Å². The molecule has 3 unspecified atom stereocenters. The van der Waals surface area contributed by atoms with Gasteiger partial charge in [-0.05, 0) is 19.8 Å². The molecule has 1 saturated carbocycles. The Morgan fingerprint density at radius 1 is 1.47 bits per heavy atom. The molecule has 2 N–H and O–H groups in total. The third kappa shape index (κ3) is 2.32. The second-order valence-electron chi connectivity index (χ2n) is 4.38. The Kier molecular flexibility index (Phi) is 3.75. The minimum atomic E-state index is -4.35. The first-order valence-electron chi connectivity index (χ1n) is 5.16. The molecule has 15 heavy (non-hydrogen) atoms. The summed E-state index contributed by atoms with van der Waals surface area (Å²) in [6.45, 7) is 4.86. The summed E-state index contributed by atoms with van der Waals surface area (Å²) >= 11 is 0. The third-order valence-electron chi connectivity index (χ3n) is 3.47. The fourth-order valence-electron chi connectivity index (χ4n) is 2.23. The highest BCUT2D eigenvalue weighted by atomic mass is 31.2. The van der Waals surface area contributed by atoms with Crippen LogP contribution in [-0.2, 0) is 4.57 Å². The van der Waals surface area contributed by atoms with E-state index in [0.29, 0.717) is 12.8 Å². The number of allylic oxidation sites excluding steroid dienone is 1. The summed E-state index contributed by atoms with van der Waals surface area (Å²) in [7, 11) is -4.35. The first-order valence-corrected chi connectivity index (χ1v) is 6.77. The van der Waals surface area contributed by atoms with E-state index in [1.54, 1.807) is 0 Å². The minimum absolute atomic E-state index is 0.397. The van der Waals surface area contributed by atoms with Gasteiger partial charge in [0, 0.05) is 5.92 Å². The molecule has 5 heteroatoms. The normalized spacial score (nSPS) is 32.0. The quantitative estimate of drug-likeness (QED) is 0.585. The molecule has 1 rings (SSSR count). The second kappa shape index (κ2) is 4.36. The zero-order chi connectivity index (χ0) is 11.7. The molecular formula is C10H18FO3P. The molecule has 0 spiro atoms. The number of alkyl halides is 1. The molecule has 3 nitrogen and oxygen atoms in total. The fourth-order valence-corrected chi connectivity index (χ4v) is 3.19. The highest BCUT2D eigenvalue weighted by Crippen LogP contribution is 2.58. The van der Waals surface area contributed by atoms with Crippen molar-refractivity contribution in [3.05, 3.63) is 12.7 Å². The molecule has 88 valence electrons. The maximum Gasteiger partial charge on any atom is 0.335 e. The van der Waals surface area contributed by atoms with E-state index in [9.17, 15) is 18.7 Å². The minimum Gasteiger partial charge on any atom is -0.324 e. The lowest BCUT2D eigenvalue weighted by molar-refractivity contribution is 0.134. The highest BCUT2D eigenvalue weighted by Gasteiger charge is 2.50. The molecule has 3 atom stereocenters. The van der Waals surface area contributed by atoms with Crippen LogP contribution in [0.4, 0.5) is 4.39 Å². The zero-order valence-corrected chi connectivity index (χ0v) is 9.79. The molecule has 1 aliphatic rings. The summed E-state index contributed by atoms with van der Waals surface area (Å²) in [6, 6.07) is 0. The first-order chi connectivity index (χ1) is 6.83. The summed E-state index contributed by atoms with van der Waals surface area (Å²) in [5.74, 6) is -0.607. The van der Waals surface area contributed by atoms with E-state index in [-0.39, 0.29) is 0 Å². The Balaban J connectivity index is 2.99. The van der Waals surface area contributed by atoms with Gasteiger partial charge in [0.05, 0.1) is 5.16 Å². The van der Waals surface area contributed by atoms with Crippen LogP contribution in [0.2, 0.25) is 0 Å². The van der Waals surface area contributed by atoms with Gasteiger partial charge in [0.2, 0.25) is 0 Å². The van der Waals surface area contributed by atoms with E-state index >= 15 is 0 Å². The molecule has 0 aliphatic heterocycles. The molecule has 0 aromatic rings. The highest BCUT2D eigenvalue weighted by molar-refractivity contribution is 7.53. The van der Waals surface area contributed by atoms with Gasteiger partial charge < -0.3 is 9.79 Å². The summed E-state index contributed by atoms with van der Waals surface area (Å²) in [5, 5.41) is -1.42. The molecule has 0 saturated heterocycles. The summed E-state index contributed by atoms with van der Waals surface area (Å²) in [5.41, 5.74) is 0.